The first kappa shape index (κ1) is 20.3. The number of rotatable bonds is 6. The summed E-state index contributed by atoms with van der Waals surface area (Å²) < 4.78 is 2.74. The molecule has 0 atom stereocenters. The Labute approximate surface area is 181 Å². The lowest BCUT2D eigenvalue weighted by atomic mass is 10.3. The minimum Gasteiger partial charge on any atom is -0.413 e. The molecule has 0 unspecified atom stereocenters. The molecule has 0 saturated carbocycles. The summed E-state index contributed by atoms with van der Waals surface area (Å²) in [5.74, 6) is 0. The van der Waals surface area contributed by atoms with Crippen LogP contribution < -0.4 is 19.8 Å². The average molecular weight is 426 g/mol. The Bertz CT molecular complexity index is 970. The Balaban J connectivity index is 2.17. The van der Waals surface area contributed by atoms with Gasteiger partial charge in [-0.3, -0.25) is 0 Å². The molecule has 1 heterocycles. The molecule has 0 bridgehead atoms. The first-order chi connectivity index (χ1) is 14.5. The normalized spacial score (nSPS) is 11.8. The van der Waals surface area contributed by atoms with Crippen LogP contribution in [0.2, 0.25) is 19.6 Å². The van der Waals surface area contributed by atoms with Gasteiger partial charge in [0.15, 0.2) is 0 Å². The number of hydrogen-bond acceptors (Lipinski definition) is 3. The number of benzene rings is 3. The van der Waals surface area contributed by atoms with E-state index in [2.05, 4.69) is 131 Å². The van der Waals surface area contributed by atoms with Crippen molar-refractivity contribution in [3.63, 3.8) is 0 Å². The van der Waals surface area contributed by atoms with E-state index >= 15 is 0 Å². The quantitative estimate of drug-likeness (QED) is 0.348. The summed E-state index contributed by atoms with van der Waals surface area (Å²) in [6.45, 7) is 7.26. The van der Waals surface area contributed by atoms with E-state index in [1.807, 2.05) is 12.4 Å². The molecule has 3 aromatic carbocycles. The summed E-state index contributed by atoms with van der Waals surface area (Å²) in [5, 5.41) is 12.5. The number of aromatic nitrogens is 2. The molecule has 0 saturated heterocycles. The van der Waals surface area contributed by atoms with Crippen molar-refractivity contribution in [2.75, 3.05) is 4.23 Å². The maximum Gasteiger partial charge on any atom is 0.245 e. The third-order valence-corrected chi connectivity index (χ3v) is 14.5. The minimum atomic E-state index is -2.60. The molecular formula is C25H27N3Si2. The fraction of sp³-hybridized carbons (Fsp3) is 0.120. The second-order valence-electron chi connectivity index (χ2n) is 8.42. The van der Waals surface area contributed by atoms with Gasteiger partial charge >= 0.3 is 0 Å². The van der Waals surface area contributed by atoms with Crippen LogP contribution in [-0.2, 0) is 0 Å². The van der Waals surface area contributed by atoms with Gasteiger partial charge in [0, 0.05) is 5.69 Å². The van der Waals surface area contributed by atoms with E-state index in [4.69, 9.17) is 0 Å². The zero-order valence-electron chi connectivity index (χ0n) is 17.7. The van der Waals surface area contributed by atoms with Crippen molar-refractivity contribution in [1.82, 2.24) is 10.2 Å². The van der Waals surface area contributed by atoms with Crippen LogP contribution in [0.1, 0.15) is 0 Å². The lowest BCUT2D eigenvalue weighted by Gasteiger charge is -2.51. The molecule has 150 valence electrons. The van der Waals surface area contributed by atoms with Crippen LogP contribution in [0, 0.1) is 0 Å². The Morgan fingerprint density at radius 3 is 1.33 bits per heavy atom. The van der Waals surface area contributed by atoms with E-state index < -0.39 is 16.5 Å². The molecular weight excluding hydrogens is 398 g/mol. The predicted molar refractivity (Wildman–Crippen MR) is 132 cm³/mol. The van der Waals surface area contributed by atoms with Crippen molar-refractivity contribution >= 4 is 37.7 Å². The van der Waals surface area contributed by atoms with Crippen molar-refractivity contribution in [3.8, 4) is 0 Å². The fourth-order valence-electron chi connectivity index (χ4n) is 4.43. The van der Waals surface area contributed by atoms with Gasteiger partial charge in [-0.1, -0.05) is 111 Å². The van der Waals surface area contributed by atoms with E-state index in [0.29, 0.717) is 0 Å². The highest BCUT2D eigenvalue weighted by Crippen LogP contribution is 2.28. The maximum atomic E-state index is 4.27. The number of hydrogen-bond donors (Lipinski definition) is 0. The number of nitrogens with zero attached hydrogens (tertiary/aromatic N) is 3. The Morgan fingerprint density at radius 1 is 0.567 bits per heavy atom. The van der Waals surface area contributed by atoms with Crippen molar-refractivity contribution in [3.05, 3.63) is 109 Å². The molecule has 0 amide bonds. The van der Waals surface area contributed by atoms with Crippen LogP contribution in [0.25, 0.3) is 0 Å². The third kappa shape index (κ3) is 3.62. The van der Waals surface area contributed by atoms with Crippen LogP contribution in [0.15, 0.2) is 109 Å². The largest absolute Gasteiger partial charge is 0.413 e. The Hall–Kier alpha value is -3.03. The molecule has 5 heteroatoms. The smallest absolute Gasteiger partial charge is 0.245 e. The molecule has 0 spiro atoms. The van der Waals surface area contributed by atoms with Gasteiger partial charge in [-0.25, -0.2) is 0 Å². The minimum absolute atomic E-state index is 1.15. The summed E-state index contributed by atoms with van der Waals surface area (Å²) in [6, 6.07) is 35.2. The SMILES string of the molecule is C[Si](C)(C)N(c1ccnnc1)[Si](c1ccccc1)(c1ccccc1)c1ccccc1. The van der Waals surface area contributed by atoms with E-state index in [-0.39, 0.29) is 0 Å². The molecule has 0 radical (unpaired) electrons. The fourth-order valence-corrected chi connectivity index (χ4v) is 14.8. The van der Waals surface area contributed by atoms with Crippen LogP contribution in [0.4, 0.5) is 5.69 Å². The summed E-state index contributed by atoms with van der Waals surface area (Å²) in [4.78, 5) is 0. The zero-order valence-corrected chi connectivity index (χ0v) is 19.7. The Kier molecular flexibility index (Phi) is 5.66. The standard InChI is InChI=1S/C25H27N3Si2/c1-29(2,3)28(22-19-20-26-27-21-22)30(23-13-7-4-8-14-23,24-15-9-5-10-16-24)25-17-11-6-12-18-25/h4-21H,1-3H3. The highest BCUT2D eigenvalue weighted by molar-refractivity contribution is 7.20. The van der Waals surface area contributed by atoms with Gasteiger partial charge in [-0.2, -0.15) is 10.2 Å². The highest BCUT2D eigenvalue weighted by Gasteiger charge is 2.50. The molecule has 3 nitrogen and oxygen atoms in total. The molecule has 0 aliphatic carbocycles. The lowest BCUT2D eigenvalue weighted by molar-refractivity contribution is 1.03. The Morgan fingerprint density at radius 2 is 1.00 bits per heavy atom. The van der Waals surface area contributed by atoms with Crippen LogP contribution >= 0.6 is 0 Å². The summed E-state index contributed by atoms with van der Waals surface area (Å²) in [6.07, 6.45) is 3.73. The number of anilines is 1. The zero-order chi connectivity index (χ0) is 21.0. The molecule has 0 fully saturated rings. The van der Waals surface area contributed by atoms with Crippen LogP contribution in [0.3, 0.4) is 0 Å². The van der Waals surface area contributed by atoms with E-state index in [0.717, 1.165) is 5.69 Å². The lowest BCUT2D eigenvalue weighted by Crippen LogP contribution is -2.82. The molecule has 4 rings (SSSR count). The van der Waals surface area contributed by atoms with Crippen molar-refractivity contribution in [2.24, 2.45) is 0 Å². The predicted octanol–water partition coefficient (Wildman–Crippen LogP) is 3.79. The topological polar surface area (TPSA) is 29.0 Å². The summed E-state index contributed by atoms with van der Waals surface area (Å²) in [5.41, 5.74) is 1.15. The molecule has 0 aliphatic rings. The molecule has 4 aromatic rings. The van der Waals surface area contributed by atoms with Gasteiger partial charge in [0.05, 0.1) is 12.4 Å². The monoisotopic (exact) mass is 425 g/mol. The molecule has 0 aliphatic heterocycles. The molecule has 1 aromatic heterocycles. The summed E-state index contributed by atoms with van der Waals surface area (Å²) in [7, 11) is -4.49. The van der Waals surface area contributed by atoms with Gasteiger partial charge in [0.1, 0.15) is 8.24 Å². The van der Waals surface area contributed by atoms with Gasteiger partial charge in [-0.05, 0) is 21.6 Å². The van der Waals surface area contributed by atoms with Crippen LogP contribution in [0.5, 0.6) is 0 Å². The van der Waals surface area contributed by atoms with Gasteiger partial charge < -0.3 is 4.23 Å². The second-order valence-corrected chi connectivity index (χ2v) is 17.3. The van der Waals surface area contributed by atoms with Gasteiger partial charge in [0.2, 0.25) is 8.24 Å². The molecule has 0 N–H and O–H groups in total. The first-order valence-electron chi connectivity index (χ1n) is 10.3. The van der Waals surface area contributed by atoms with Crippen LogP contribution in [-0.4, -0.2) is 26.7 Å². The first-order valence-corrected chi connectivity index (χ1v) is 15.7. The second kappa shape index (κ2) is 8.38. The van der Waals surface area contributed by atoms with Gasteiger partial charge in [0.25, 0.3) is 0 Å². The third-order valence-electron chi connectivity index (χ3n) is 5.41. The van der Waals surface area contributed by atoms with E-state index in [9.17, 15) is 0 Å². The molecule has 30 heavy (non-hydrogen) atoms. The van der Waals surface area contributed by atoms with Crippen molar-refractivity contribution in [1.29, 1.82) is 0 Å². The maximum absolute atomic E-state index is 4.27. The average Bonchev–Trinajstić information content (AvgIpc) is 2.79. The summed E-state index contributed by atoms with van der Waals surface area (Å²) >= 11 is 0. The highest BCUT2D eigenvalue weighted by atomic mass is 28.4. The van der Waals surface area contributed by atoms with Crippen molar-refractivity contribution < 1.29 is 0 Å². The van der Waals surface area contributed by atoms with Gasteiger partial charge in [-0.15, -0.1) is 0 Å². The van der Waals surface area contributed by atoms with E-state index in [1.54, 1.807) is 0 Å². The van der Waals surface area contributed by atoms with E-state index in [1.165, 1.54) is 15.6 Å². The van der Waals surface area contributed by atoms with Crippen molar-refractivity contribution in [2.45, 2.75) is 19.6 Å².